The van der Waals surface area contributed by atoms with Gasteiger partial charge in [0.05, 0.1) is 5.56 Å². The highest BCUT2D eigenvalue weighted by Gasteiger charge is 2.05. The molecule has 0 saturated carbocycles. The van der Waals surface area contributed by atoms with E-state index in [9.17, 15) is 9.90 Å². The van der Waals surface area contributed by atoms with Crippen LogP contribution in [-0.2, 0) is 0 Å². The molecular weight excluding hydrogens is 188 g/mol. The summed E-state index contributed by atoms with van der Waals surface area (Å²) in [5, 5.41) is 11.0. The minimum absolute atomic E-state index is 0.00837. The Morgan fingerprint density at radius 2 is 2.07 bits per heavy atom. The summed E-state index contributed by atoms with van der Waals surface area (Å²) in [5.74, 6) is 2.51. The molecule has 2 heteroatoms. The average Bonchev–Trinajstić information content (AvgIpc) is 2.28. The second-order valence-electron chi connectivity index (χ2n) is 3.20. The van der Waals surface area contributed by atoms with Crippen molar-refractivity contribution < 1.29 is 9.90 Å². The first-order valence-corrected chi connectivity index (χ1v) is 4.44. The van der Waals surface area contributed by atoms with Crippen molar-refractivity contribution >= 4 is 17.1 Å². The zero-order chi connectivity index (χ0) is 10.8. The van der Waals surface area contributed by atoms with Gasteiger partial charge in [0.1, 0.15) is 5.75 Å². The van der Waals surface area contributed by atoms with Crippen molar-refractivity contribution in [2.45, 2.75) is 0 Å². The van der Waals surface area contributed by atoms with E-state index in [-0.39, 0.29) is 5.75 Å². The van der Waals surface area contributed by atoms with Gasteiger partial charge in [-0.2, -0.15) is 0 Å². The summed E-state index contributed by atoms with van der Waals surface area (Å²) in [7, 11) is 0. The molecule has 2 nitrogen and oxygen atoms in total. The van der Waals surface area contributed by atoms with Crippen molar-refractivity contribution in [2.24, 2.45) is 0 Å². The van der Waals surface area contributed by atoms with E-state index in [1.807, 2.05) is 6.07 Å². The van der Waals surface area contributed by atoms with Gasteiger partial charge in [0.25, 0.3) is 0 Å². The van der Waals surface area contributed by atoms with Crippen LogP contribution >= 0.6 is 0 Å². The Hall–Kier alpha value is -2.27. The van der Waals surface area contributed by atoms with Crippen LogP contribution in [0.2, 0.25) is 0 Å². The summed E-state index contributed by atoms with van der Waals surface area (Å²) in [6.45, 7) is 0. The lowest BCUT2D eigenvalue weighted by atomic mass is 10.0. The maximum absolute atomic E-state index is 10.8. The van der Waals surface area contributed by atoms with Gasteiger partial charge in [-0.15, -0.1) is 6.42 Å². The first-order chi connectivity index (χ1) is 7.26. The molecule has 1 N–H and O–H groups in total. The molecule has 0 radical (unpaired) electrons. The molecule has 2 aromatic rings. The van der Waals surface area contributed by atoms with Gasteiger partial charge < -0.3 is 5.11 Å². The van der Waals surface area contributed by atoms with E-state index in [1.165, 1.54) is 6.07 Å². The van der Waals surface area contributed by atoms with Crippen molar-refractivity contribution in [1.29, 1.82) is 0 Å². The number of benzene rings is 2. The van der Waals surface area contributed by atoms with Crippen LogP contribution < -0.4 is 0 Å². The molecule has 0 aliphatic rings. The minimum atomic E-state index is -0.00837. The van der Waals surface area contributed by atoms with Crippen molar-refractivity contribution in [2.75, 3.05) is 0 Å². The number of carbonyl (C=O) groups is 1. The number of carbonyl (C=O) groups excluding carboxylic acids is 1. The van der Waals surface area contributed by atoms with Gasteiger partial charge in [0.2, 0.25) is 0 Å². The van der Waals surface area contributed by atoms with Crippen molar-refractivity contribution in [3.8, 4) is 18.1 Å². The zero-order valence-electron chi connectivity index (χ0n) is 7.90. The van der Waals surface area contributed by atoms with Crippen LogP contribution in [0.3, 0.4) is 0 Å². The van der Waals surface area contributed by atoms with Crippen LogP contribution in [0, 0.1) is 12.3 Å². The fourth-order valence-corrected chi connectivity index (χ4v) is 1.56. The lowest BCUT2D eigenvalue weighted by Gasteiger charge is -2.03. The van der Waals surface area contributed by atoms with Gasteiger partial charge in [-0.05, 0) is 29.0 Å². The minimum Gasteiger partial charge on any atom is -0.507 e. The number of fused-ring (bicyclic) bond motifs is 1. The maximum Gasteiger partial charge on any atom is 0.154 e. The summed E-state index contributed by atoms with van der Waals surface area (Å²) in [4.78, 5) is 10.8. The molecule has 0 aliphatic carbocycles. The van der Waals surface area contributed by atoms with Crippen molar-refractivity contribution in [1.82, 2.24) is 0 Å². The molecule has 15 heavy (non-hydrogen) atoms. The number of aromatic hydroxyl groups is 1. The van der Waals surface area contributed by atoms with E-state index >= 15 is 0 Å². The summed E-state index contributed by atoms with van der Waals surface area (Å²) in [6.07, 6.45) is 5.92. The summed E-state index contributed by atoms with van der Waals surface area (Å²) >= 11 is 0. The summed E-state index contributed by atoms with van der Waals surface area (Å²) in [5.41, 5.74) is 1.06. The van der Waals surface area contributed by atoms with Gasteiger partial charge in [-0.1, -0.05) is 18.1 Å². The fraction of sp³-hybridized carbons (Fsp3) is 0. The van der Waals surface area contributed by atoms with E-state index < -0.39 is 0 Å². The second-order valence-corrected chi connectivity index (χ2v) is 3.20. The van der Waals surface area contributed by atoms with Gasteiger partial charge >= 0.3 is 0 Å². The highest BCUT2D eigenvalue weighted by atomic mass is 16.3. The molecule has 0 aliphatic heterocycles. The molecule has 0 spiro atoms. The third-order valence-electron chi connectivity index (χ3n) is 2.32. The van der Waals surface area contributed by atoms with E-state index in [0.717, 1.165) is 10.9 Å². The molecule has 0 amide bonds. The van der Waals surface area contributed by atoms with E-state index in [2.05, 4.69) is 5.92 Å². The molecule has 0 fully saturated rings. The highest BCUT2D eigenvalue weighted by molar-refractivity contribution is 6.01. The Labute approximate surface area is 87.2 Å². The number of terminal acetylenes is 1. The normalized spacial score (nSPS) is 9.80. The smallest absolute Gasteiger partial charge is 0.154 e. The monoisotopic (exact) mass is 196 g/mol. The fourth-order valence-electron chi connectivity index (χ4n) is 1.56. The van der Waals surface area contributed by atoms with Gasteiger partial charge in [0, 0.05) is 5.56 Å². The van der Waals surface area contributed by atoms with E-state index in [1.54, 1.807) is 18.2 Å². The number of phenolic OH excluding ortho intramolecular Hbond substituents is 1. The molecule has 0 atom stereocenters. The zero-order valence-corrected chi connectivity index (χ0v) is 7.90. The number of aldehydes is 1. The highest BCUT2D eigenvalue weighted by Crippen LogP contribution is 2.26. The maximum atomic E-state index is 10.8. The number of rotatable bonds is 1. The van der Waals surface area contributed by atoms with Crippen molar-refractivity contribution in [3.63, 3.8) is 0 Å². The lowest BCUT2D eigenvalue weighted by molar-refractivity contribution is 0.112. The number of hydrogen-bond donors (Lipinski definition) is 1. The Kier molecular flexibility index (Phi) is 2.15. The Morgan fingerprint density at radius 3 is 2.73 bits per heavy atom. The van der Waals surface area contributed by atoms with Crippen LogP contribution in [-0.4, -0.2) is 11.4 Å². The quantitative estimate of drug-likeness (QED) is 0.561. The third kappa shape index (κ3) is 1.44. The third-order valence-corrected chi connectivity index (χ3v) is 2.32. The van der Waals surface area contributed by atoms with Crippen LogP contribution in [0.4, 0.5) is 0 Å². The molecule has 0 saturated heterocycles. The molecule has 72 valence electrons. The van der Waals surface area contributed by atoms with E-state index in [4.69, 9.17) is 6.42 Å². The Balaban J connectivity index is 2.85. The molecule has 0 bridgehead atoms. The van der Waals surface area contributed by atoms with E-state index in [0.29, 0.717) is 17.2 Å². The Bertz CT molecular complexity index is 577. The first-order valence-electron chi connectivity index (χ1n) is 4.44. The SMILES string of the molecule is C#Cc1ccc2c(C=O)c(O)ccc2c1. The molecule has 0 aromatic heterocycles. The lowest BCUT2D eigenvalue weighted by Crippen LogP contribution is -1.85. The molecule has 0 unspecified atom stereocenters. The Morgan fingerprint density at radius 1 is 1.27 bits per heavy atom. The summed E-state index contributed by atoms with van der Waals surface area (Å²) in [6, 6.07) is 8.52. The van der Waals surface area contributed by atoms with Crippen molar-refractivity contribution in [3.05, 3.63) is 41.5 Å². The predicted molar refractivity (Wildman–Crippen MR) is 58.9 cm³/mol. The van der Waals surface area contributed by atoms with Gasteiger partial charge in [-0.3, -0.25) is 4.79 Å². The average molecular weight is 196 g/mol. The number of phenols is 1. The van der Waals surface area contributed by atoms with Crippen LogP contribution in [0.1, 0.15) is 15.9 Å². The molecule has 0 heterocycles. The predicted octanol–water partition coefficient (Wildman–Crippen LogP) is 2.34. The van der Waals surface area contributed by atoms with Gasteiger partial charge in [-0.25, -0.2) is 0 Å². The number of hydrogen-bond acceptors (Lipinski definition) is 2. The van der Waals surface area contributed by atoms with Crippen LogP contribution in [0.25, 0.3) is 10.8 Å². The summed E-state index contributed by atoms with van der Waals surface area (Å²) < 4.78 is 0. The van der Waals surface area contributed by atoms with Gasteiger partial charge in [0.15, 0.2) is 6.29 Å². The largest absolute Gasteiger partial charge is 0.507 e. The van der Waals surface area contributed by atoms with Crippen LogP contribution in [0.15, 0.2) is 30.3 Å². The molecular formula is C13H8O2. The molecule has 2 rings (SSSR count). The first kappa shape index (κ1) is 9.29. The molecule has 2 aromatic carbocycles. The second kappa shape index (κ2) is 3.47. The topological polar surface area (TPSA) is 37.3 Å². The van der Waals surface area contributed by atoms with Crippen LogP contribution in [0.5, 0.6) is 5.75 Å². The standard InChI is InChI=1S/C13H8O2/c1-2-9-3-5-11-10(7-9)4-6-13(15)12(11)8-14/h1,3-8,15H.